The first kappa shape index (κ1) is 17.2. The Balaban J connectivity index is 1.42. The molecule has 1 aliphatic heterocycles. The van der Waals surface area contributed by atoms with Crippen LogP contribution in [-0.2, 0) is 17.9 Å². The molecule has 1 aromatic heterocycles. The molecule has 1 fully saturated rings. The molecule has 0 spiro atoms. The molecule has 0 radical (unpaired) electrons. The number of nitrogens with zero attached hydrogens (tertiary/aromatic N) is 2. The van der Waals surface area contributed by atoms with Gasteiger partial charge < -0.3 is 20.5 Å². The van der Waals surface area contributed by atoms with E-state index < -0.39 is 0 Å². The third-order valence-electron chi connectivity index (χ3n) is 4.00. The molecule has 1 atom stereocenters. The van der Waals surface area contributed by atoms with Crippen molar-refractivity contribution in [1.82, 2.24) is 10.3 Å². The molecule has 3 N–H and O–H groups in total. The molecule has 2 aromatic rings. The zero-order valence-electron chi connectivity index (χ0n) is 14.2. The highest BCUT2D eigenvalue weighted by Gasteiger charge is 2.14. The largest absolute Gasteiger partial charge is 0.487 e. The zero-order valence-corrected chi connectivity index (χ0v) is 14.2. The maximum atomic E-state index is 5.89. The van der Waals surface area contributed by atoms with Crippen molar-refractivity contribution in [2.75, 3.05) is 13.2 Å². The summed E-state index contributed by atoms with van der Waals surface area (Å²) < 4.78 is 11.3. The third-order valence-corrected chi connectivity index (χ3v) is 4.00. The fourth-order valence-electron chi connectivity index (χ4n) is 2.59. The molecule has 0 bridgehead atoms. The molecular weight excluding hydrogens is 316 g/mol. The monoisotopic (exact) mass is 340 g/mol. The average molecular weight is 340 g/mol. The molecule has 0 aliphatic carbocycles. The Morgan fingerprint density at radius 3 is 2.88 bits per heavy atom. The van der Waals surface area contributed by atoms with E-state index >= 15 is 0 Å². The van der Waals surface area contributed by atoms with Crippen molar-refractivity contribution in [3.05, 3.63) is 59.9 Å². The van der Waals surface area contributed by atoms with E-state index in [0.29, 0.717) is 19.1 Å². The Morgan fingerprint density at radius 2 is 2.16 bits per heavy atom. The summed E-state index contributed by atoms with van der Waals surface area (Å²) in [6.07, 6.45) is 4.22. The van der Waals surface area contributed by atoms with Gasteiger partial charge in [0.25, 0.3) is 0 Å². The summed E-state index contributed by atoms with van der Waals surface area (Å²) in [5.41, 5.74) is 7.87. The van der Waals surface area contributed by atoms with E-state index in [9.17, 15) is 0 Å². The minimum Gasteiger partial charge on any atom is -0.487 e. The first-order chi connectivity index (χ1) is 12.3. The van der Waals surface area contributed by atoms with Gasteiger partial charge in [0.05, 0.1) is 18.3 Å². The van der Waals surface area contributed by atoms with Gasteiger partial charge in [-0.15, -0.1) is 0 Å². The number of ether oxygens (including phenoxy) is 2. The van der Waals surface area contributed by atoms with E-state index in [1.54, 1.807) is 6.20 Å². The minimum absolute atomic E-state index is 0.254. The van der Waals surface area contributed by atoms with Gasteiger partial charge >= 0.3 is 0 Å². The summed E-state index contributed by atoms with van der Waals surface area (Å²) >= 11 is 0. The van der Waals surface area contributed by atoms with E-state index in [2.05, 4.69) is 15.3 Å². The number of guanidine groups is 1. The molecule has 6 nitrogen and oxygen atoms in total. The lowest BCUT2D eigenvalue weighted by Crippen LogP contribution is -2.37. The summed E-state index contributed by atoms with van der Waals surface area (Å²) in [4.78, 5) is 8.59. The van der Waals surface area contributed by atoms with Gasteiger partial charge in [0.15, 0.2) is 5.96 Å². The molecule has 2 heterocycles. The maximum Gasteiger partial charge on any atom is 0.189 e. The van der Waals surface area contributed by atoms with Crippen LogP contribution in [0.2, 0.25) is 0 Å². The second kappa shape index (κ2) is 9.03. The van der Waals surface area contributed by atoms with Crippen LogP contribution in [0.3, 0.4) is 0 Å². The number of nitrogens with one attached hydrogen (secondary N) is 1. The molecule has 3 rings (SSSR count). The second-order valence-corrected chi connectivity index (χ2v) is 5.97. The molecule has 1 saturated heterocycles. The van der Waals surface area contributed by atoms with Crippen molar-refractivity contribution in [3.63, 3.8) is 0 Å². The van der Waals surface area contributed by atoms with Crippen LogP contribution in [0.15, 0.2) is 53.7 Å². The van der Waals surface area contributed by atoms with Crippen LogP contribution in [0.5, 0.6) is 5.75 Å². The van der Waals surface area contributed by atoms with Crippen molar-refractivity contribution >= 4 is 5.96 Å². The molecule has 25 heavy (non-hydrogen) atoms. The van der Waals surface area contributed by atoms with E-state index in [-0.39, 0.29) is 6.10 Å². The highest BCUT2D eigenvalue weighted by molar-refractivity contribution is 5.77. The zero-order chi connectivity index (χ0) is 17.3. The van der Waals surface area contributed by atoms with Crippen molar-refractivity contribution in [3.8, 4) is 5.75 Å². The van der Waals surface area contributed by atoms with Crippen molar-refractivity contribution in [2.45, 2.75) is 32.1 Å². The summed E-state index contributed by atoms with van der Waals surface area (Å²) in [5, 5.41) is 3.12. The fourth-order valence-corrected chi connectivity index (χ4v) is 2.59. The normalized spacial score (nSPS) is 17.4. The first-order valence-electron chi connectivity index (χ1n) is 8.56. The summed E-state index contributed by atoms with van der Waals surface area (Å²) in [5.74, 6) is 1.26. The second-order valence-electron chi connectivity index (χ2n) is 5.97. The lowest BCUT2D eigenvalue weighted by atomic mass is 10.2. The standard InChI is InChI=1S/C19H24N4O2/c20-19(23-13-18-5-3-11-24-18)22-12-15-6-8-17(9-7-15)25-14-16-4-1-2-10-21-16/h1-2,4,6-10,18H,3,5,11-14H2,(H3,20,22,23). The van der Waals surface area contributed by atoms with Gasteiger partial charge in [0, 0.05) is 19.3 Å². The van der Waals surface area contributed by atoms with Crippen molar-refractivity contribution in [1.29, 1.82) is 0 Å². The molecule has 1 unspecified atom stereocenters. The van der Waals surface area contributed by atoms with E-state index in [1.165, 1.54) is 0 Å². The number of pyridine rings is 1. The van der Waals surface area contributed by atoms with Gasteiger partial charge in [-0.1, -0.05) is 18.2 Å². The van der Waals surface area contributed by atoms with E-state index in [1.807, 2.05) is 42.5 Å². The Morgan fingerprint density at radius 1 is 1.28 bits per heavy atom. The molecule has 6 heteroatoms. The Hall–Kier alpha value is -2.60. The Labute approximate surface area is 148 Å². The molecule has 0 saturated carbocycles. The summed E-state index contributed by atoms with van der Waals surface area (Å²) in [6.45, 7) is 2.55. The van der Waals surface area contributed by atoms with E-state index in [0.717, 1.165) is 43.0 Å². The van der Waals surface area contributed by atoms with Crippen LogP contribution < -0.4 is 15.8 Å². The Bertz CT molecular complexity index is 668. The van der Waals surface area contributed by atoms with Crippen LogP contribution in [0.4, 0.5) is 0 Å². The van der Waals surface area contributed by atoms with Gasteiger partial charge in [-0.25, -0.2) is 4.99 Å². The van der Waals surface area contributed by atoms with Crippen LogP contribution in [0, 0.1) is 0 Å². The number of aliphatic imine (C=N–C) groups is 1. The van der Waals surface area contributed by atoms with Gasteiger partial charge in [0.2, 0.25) is 0 Å². The molecule has 1 aliphatic rings. The highest BCUT2D eigenvalue weighted by atomic mass is 16.5. The van der Waals surface area contributed by atoms with Crippen molar-refractivity contribution < 1.29 is 9.47 Å². The third kappa shape index (κ3) is 5.76. The van der Waals surface area contributed by atoms with E-state index in [4.69, 9.17) is 15.2 Å². The summed E-state index contributed by atoms with van der Waals surface area (Å²) in [6, 6.07) is 13.6. The SMILES string of the molecule is NC(=NCc1ccc(OCc2ccccn2)cc1)NCC1CCCO1. The predicted molar refractivity (Wildman–Crippen MR) is 97.3 cm³/mol. The number of hydrogen-bond donors (Lipinski definition) is 2. The Kier molecular flexibility index (Phi) is 6.23. The van der Waals surface area contributed by atoms with Crippen LogP contribution in [0.1, 0.15) is 24.1 Å². The quantitative estimate of drug-likeness (QED) is 0.597. The van der Waals surface area contributed by atoms with Crippen LogP contribution >= 0.6 is 0 Å². The first-order valence-corrected chi connectivity index (χ1v) is 8.56. The molecular formula is C19H24N4O2. The average Bonchev–Trinajstić information content (AvgIpc) is 3.18. The minimum atomic E-state index is 0.254. The topological polar surface area (TPSA) is 81.8 Å². The maximum absolute atomic E-state index is 5.89. The van der Waals surface area contributed by atoms with Crippen LogP contribution in [-0.4, -0.2) is 30.2 Å². The number of aromatic nitrogens is 1. The van der Waals surface area contributed by atoms with Gasteiger partial charge in [0.1, 0.15) is 12.4 Å². The predicted octanol–water partition coefficient (Wildman–Crippen LogP) is 2.24. The van der Waals surface area contributed by atoms with Gasteiger partial charge in [-0.3, -0.25) is 4.98 Å². The number of benzene rings is 1. The summed E-state index contributed by atoms with van der Waals surface area (Å²) in [7, 11) is 0. The molecule has 1 aromatic carbocycles. The van der Waals surface area contributed by atoms with Crippen molar-refractivity contribution in [2.24, 2.45) is 10.7 Å². The highest BCUT2D eigenvalue weighted by Crippen LogP contribution is 2.14. The van der Waals surface area contributed by atoms with Gasteiger partial charge in [-0.05, 0) is 42.7 Å². The number of rotatable bonds is 7. The van der Waals surface area contributed by atoms with Crippen LogP contribution in [0.25, 0.3) is 0 Å². The van der Waals surface area contributed by atoms with Gasteiger partial charge in [-0.2, -0.15) is 0 Å². The molecule has 132 valence electrons. The smallest absolute Gasteiger partial charge is 0.189 e. The molecule has 0 amide bonds. The lowest BCUT2D eigenvalue weighted by molar-refractivity contribution is 0.114. The fraction of sp³-hybridized carbons (Fsp3) is 0.368. The number of nitrogens with two attached hydrogens (primary N) is 1. The number of hydrogen-bond acceptors (Lipinski definition) is 4. The lowest BCUT2D eigenvalue weighted by Gasteiger charge is -2.11.